The van der Waals surface area contributed by atoms with E-state index in [0.29, 0.717) is 12.1 Å². The van der Waals surface area contributed by atoms with Gasteiger partial charge in [0.1, 0.15) is 0 Å². The van der Waals surface area contributed by atoms with Crippen LogP contribution in [0.15, 0.2) is 48.5 Å². The highest BCUT2D eigenvalue weighted by Crippen LogP contribution is 2.24. The fourth-order valence-electron chi connectivity index (χ4n) is 2.39. The molecule has 0 saturated heterocycles. The van der Waals surface area contributed by atoms with Gasteiger partial charge in [0.15, 0.2) is 0 Å². The Balaban J connectivity index is 1.95. The lowest BCUT2D eigenvalue weighted by atomic mass is 9.98. The van der Waals surface area contributed by atoms with Crippen molar-refractivity contribution in [1.82, 2.24) is 0 Å². The first kappa shape index (κ1) is 11.5. The number of amides is 1. The van der Waals surface area contributed by atoms with Crippen LogP contribution in [-0.2, 0) is 6.42 Å². The fraction of sp³-hybridized carbons (Fsp3) is 0.125. The molecular formula is C16H12N2O. The van der Waals surface area contributed by atoms with Crippen molar-refractivity contribution in [3.8, 4) is 6.07 Å². The molecule has 0 bridgehead atoms. The normalized spacial score (nSPS) is 13.8. The summed E-state index contributed by atoms with van der Waals surface area (Å²) in [6, 6.07) is 16.9. The lowest BCUT2D eigenvalue weighted by Gasteiger charge is -2.28. The van der Waals surface area contributed by atoms with Crippen LogP contribution in [0.25, 0.3) is 0 Å². The minimum absolute atomic E-state index is 0.0338. The number of carbonyl (C=O) groups is 1. The molecule has 1 heterocycles. The van der Waals surface area contributed by atoms with Crippen molar-refractivity contribution < 1.29 is 4.79 Å². The van der Waals surface area contributed by atoms with E-state index in [1.165, 1.54) is 0 Å². The molecule has 0 N–H and O–H groups in total. The Hall–Kier alpha value is -2.60. The molecule has 3 heteroatoms. The first-order chi connectivity index (χ1) is 9.29. The standard InChI is InChI=1S/C16H12N2O/c17-11-12-5-7-14(8-6-12)18-10-9-13-3-1-2-4-15(13)16(18)19/h1-8H,9-10H2. The molecule has 2 aromatic carbocycles. The predicted molar refractivity (Wildman–Crippen MR) is 73.0 cm³/mol. The van der Waals surface area contributed by atoms with Gasteiger partial charge in [0.05, 0.1) is 11.6 Å². The van der Waals surface area contributed by atoms with Crippen LogP contribution in [0.2, 0.25) is 0 Å². The molecule has 0 fully saturated rings. The first-order valence-electron chi connectivity index (χ1n) is 6.19. The Labute approximate surface area is 111 Å². The number of hydrogen-bond donors (Lipinski definition) is 0. The third-order valence-corrected chi connectivity index (χ3v) is 3.41. The highest BCUT2D eigenvalue weighted by Gasteiger charge is 2.24. The third-order valence-electron chi connectivity index (χ3n) is 3.41. The van der Waals surface area contributed by atoms with Crippen LogP contribution in [-0.4, -0.2) is 12.5 Å². The molecular weight excluding hydrogens is 236 g/mol. The number of nitriles is 1. The van der Waals surface area contributed by atoms with Crippen LogP contribution >= 0.6 is 0 Å². The Bertz CT molecular complexity index is 668. The third kappa shape index (κ3) is 1.98. The molecule has 0 unspecified atom stereocenters. The minimum atomic E-state index is 0.0338. The Morgan fingerprint density at radius 3 is 2.53 bits per heavy atom. The highest BCUT2D eigenvalue weighted by molar-refractivity contribution is 6.08. The molecule has 0 spiro atoms. The smallest absolute Gasteiger partial charge is 0.258 e. The quantitative estimate of drug-likeness (QED) is 0.778. The van der Waals surface area contributed by atoms with Gasteiger partial charge in [-0.2, -0.15) is 5.26 Å². The topological polar surface area (TPSA) is 44.1 Å². The van der Waals surface area contributed by atoms with Gasteiger partial charge in [-0.25, -0.2) is 0 Å². The number of nitrogens with zero attached hydrogens (tertiary/aromatic N) is 2. The molecule has 92 valence electrons. The van der Waals surface area contributed by atoms with E-state index >= 15 is 0 Å². The van der Waals surface area contributed by atoms with Crippen molar-refractivity contribution in [3.05, 3.63) is 65.2 Å². The molecule has 1 amide bonds. The maximum atomic E-state index is 12.4. The van der Waals surface area contributed by atoms with Crippen LogP contribution in [0, 0.1) is 11.3 Å². The lowest BCUT2D eigenvalue weighted by molar-refractivity contribution is 0.0980. The minimum Gasteiger partial charge on any atom is -0.308 e. The zero-order valence-corrected chi connectivity index (χ0v) is 10.3. The first-order valence-corrected chi connectivity index (χ1v) is 6.19. The lowest BCUT2D eigenvalue weighted by Crippen LogP contribution is -2.37. The second-order valence-electron chi connectivity index (χ2n) is 4.52. The molecule has 0 aliphatic carbocycles. The summed E-state index contributed by atoms with van der Waals surface area (Å²) in [6.07, 6.45) is 0.863. The van der Waals surface area contributed by atoms with Crippen LogP contribution in [0.3, 0.4) is 0 Å². The number of hydrogen-bond acceptors (Lipinski definition) is 2. The average Bonchev–Trinajstić information content (AvgIpc) is 2.48. The maximum absolute atomic E-state index is 12.4. The van der Waals surface area contributed by atoms with E-state index in [1.807, 2.05) is 36.4 Å². The van der Waals surface area contributed by atoms with Gasteiger partial charge in [0, 0.05) is 17.8 Å². The van der Waals surface area contributed by atoms with E-state index in [-0.39, 0.29) is 5.91 Å². The summed E-state index contributed by atoms with van der Waals surface area (Å²) in [7, 11) is 0. The summed E-state index contributed by atoms with van der Waals surface area (Å²) < 4.78 is 0. The van der Waals surface area contributed by atoms with E-state index in [1.54, 1.807) is 17.0 Å². The molecule has 19 heavy (non-hydrogen) atoms. The zero-order chi connectivity index (χ0) is 13.2. The van der Waals surface area contributed by atoms with Crippen molar-refractivity contribution in [3.63, 3.8) is 0 Å². The van der Waals surface area contributed by atoms with Crippen LogP contribution in [0.5, 0.6) is 0 Å². The van der Waals surface area contributed by atoms with E-state index in [2.05, 4.69) is 6.07 Å². The molecule has 1 aliphatic heterocycles. The van der Waals surface area contributed by atoms with Crippen molar-refractivity contribution >= 4 is 11.6 Å². The number of benzene rings is 2. The molecule has 0 aromatic heterocycles. The molecule has 1 aliphatic rings. The fourth-order valence-corrected chi connectivity index (χ4v) is 2.39. The van der Waals surface area contributed by atoms with Gasteiger partial charge in [-0.3, -0.25) is 4.79 Å². The van der Waals surface area contributed by atoms with Gasteiger partial charge in [-0.05, 0) is 42.3 Å². The molecule has 0 atom stereocenters. The summed E-state index contributed by atoms with van der Waals surface area (Å²) in [4.78, 5) is 14.2. The van der Waals surface area contributed by atoms with Gasteiger partial charge >= 0.3 is 0 Å². The van der Waals surface area contributed by atoms with Gasteiger partial charge in [-0.1, -0.05) is 18.2 Å². The molecule has 0 saturated carbocycles. The van der Waals surface area contributed by atoms with Crippen molar-refractivity contribution in [2.24, 2.45) is 0 Å². The molecule has 2 aromatic rings. The SMILES string of the molecule is N#Cc1ccc(N2CCc3ccccc3C2=O)cc1. The largest absolute Gasteiger partial charge is 0.308 e. The molecule has 0 radical (unpaired) electrons. The summed E-state index contributed by atoms with van der Waals surface area (Å²) in [5.41, 5.74) is 3.34. The van der Waals surface area contributed by atoms with Gasteiger partial charge in [0.25, 0.3) is 5.91 Å². The highest BCUT2D eigenvalue weighted by atomic mass is 16.2. The van der Waals surface area contributed by atoms with Crippen LogP contribution < -0.4 is 4.90 Å². The van der Waals surface area contributed by atoms with Crippen molar-refractivity contribution in [2.45, 2.75) is 6.42 Å². The van der Waals surface area contributed by atoms with E-state index in [9.17, 15) is 4.79 Å². The maximum Gasteiger partial charge on any atom is 0.258 e. The summed E-state index contributed by atoms with van der Waals surface area (Å²) in [6.45, 7) is 0.682. The number of rotatable bonds is 1. The average molecular weight is 248 g/mol. The van der Waals surface area contributed by atoms with Crippen LogP contribution in [0.1, 0.15) is 21.5 Å². The van der Waals surface area contributed by atoms with Crippen molar-refractivity contribution in [2.75, 3.05) is 11.4 Å². The molecule has 3 nitrogen and oxygen atoms in total. The monoisotopic (exact) mass is 248 g/mol. The summed E-state index contributed by atoms with van der Waals surface area (Å²) >= 11 is 0. The summed E-state index contributed by atoms with van der Waals surface area (Å²) in [5.74, 6) is 0.0338. The van der Waals surface area contributed by atoms with E-state index in [4.69, 9.17) is 5.26 Å². The zero-order valence-electron chi connectivity index (χ0n) is 10.3. The van der Waals surface area contributed by atoms with Crippen LogP contribution in [0.4, 0.5) is 5.69 Å². The Kier molecular flexibility index (Phi) is 2.77. The number of carbonyl (C=O) groups excluding carboxylic acids is 1. The van der Waals surface area contributed by atoms with E-state index in [0.717, 1.165) is 23.2 Å². The second-order valence-corrected chi connectivity index (χ2v) is 4.52. The summed E-state index contributed by atoms with van der Waals surface area (Å²) in [5, 5.41) is 8.79. The number of fused-ring (bicyclic) bond motifs is 1. The van der Waals surface area contributed by atoms with E-state index < -0.39 is 0 Å². The predicted octanol–water partition coefficient (Wildman–Crippen LogP) is 2.76. The number of anilines is 1. The van der Waals surface area contributed by atoms with Crippen molar-refractivity contribution in [1.29, 1.82) is 5.26 Å². The van der Waals surface area contributed by atoms with Gasteiger partial charge in [0.2, 0.25) is 0 Å². The Morgan fingerprint density at radius 2 is 1.79 bits per heavy atom. The van der Waals surface area contributed by atoms with Gasteiger partial charge in [-0.15, -0.1) is 0 Å². The second kappa shape index (κ2) is 4.58. The molecule has 3 rings (SSSR count). The van der Waals surface area contributed by atoms with Gasteiger partial charge < -0.3 is 4.90 Å². The Morgan fingerprint density at radius 1 is 1.05 bits per heavy atom.